The number of anilines is 6. The Balaban J connectivity index is 1.15. The van der Waals surface area contributed by atoms with Crippen LogP contribution in [0.15, 0.2) is 164 Å². The molecule has 0 atom stereocenters. The van der Waals surface area contributed by atoms with E-state index in [1.807, 2.05) is 0 Å². The van der Waals surface area contributed by atoms with Crippen molar-refractivity contribution in [2.45, 2.75) is 44.9 Å². The highest BCUT2D eigenvalue weighted by Crippen LogP contribution is 2.48. The zero-order valence-corrected chi connectivity index (χ0v) is 31.7. The maximum atomic E-state index is 2.58. The van der Waals surface area contributed by atoms with Crippen molar-refractivity contribution in [1.82, 2.24) is 0 Å². The Hall–Kier alpha value is -6.32. The van der Waals surface area contributed by atoms with Crippen LogP contribution in [0.5, 0.6) is 0 Å². The first-order chi connectivity index (χ1) is 27.7. The topological polar surface area (TPSA) is 6.48 Å². The first kappa shape index (κ1) is 32.0. The van der Waals surface area contributed by atoms with Gasteiger partial charge >= 0.3 is 0 Å². The van der Waals surface area contributed by atoms with E-state index in [1.165, 1.54) is 137 Å². The second-order valence-corrected chi connectivity index (χ2v) is 16.4. The van der Waals surface area contributed by atoms with E-state index in [9.17, 15) is 0 Å². The minimum absolute atomic E-state index is 0.0769. The largest absolute Gasteiger partial charge is 0.311 e. The van der Waals surface area contributed by atoms with E-state index < -0.39 is 0 Å². The van der Waals surface area contributed by atoms with Gasteiger partial charge in [-0.05, 0) is 140 Å². The molecule has 266 valence electrons. The number of aryl methyl sites for hydroxylation is 1. The zero-order chi connectivity index (χ0) is 36.9. The summed E-state index contributed by atoms with van der Waals surface area (Å²) in [5.41, 5.74) is 17.0. The molecule has 0 N–H and O–H groups in total. The van der Waals surface area contributed by atoms with Crippen molar-refractivity contribution in [3.8, 4) is 11.1 Å². The molecule has 0 aromatic heterocycles. The van der Waals surface area contributed by atoms with Gasteiger partial charge in [0.15, 0.2) is 0 Å². The number of fused-ring (bicyclic) bond motifs is 4. The van der Waals surface area contributed by atoms with Crippen molar-refractivity contribution >= 4 is 89.5 Å². The van der Waals surface area contributed by atoms with Gasteiger partial charge in [0.05, 0.1) is 0 Å². The molecule has 0 radical (unpaired) electrons. The molecule has 0 unspecified atom stereocenters. The zero-order valence-electron chi connectivity index (χ0n) is 31.7. The van der Waals surface area contributed by atoms with Crippen LogP contribution in [0.25, 0.3) is 43.4 Å². The number of hydrogen-bond donors (Lipinski definition) is 0. The average molecular weight is 717 g/mol. The van der Waals surface area contributed by atoms with Gasteiger partial charge in [0.2, 0.25) is 0 Å². The van der Waals surface area contributed by atoms with Gasteiger partial charge in [0, 0.05) is 34.1 Å². The summed E-state index contributed by atoms with van der Waals surface area (Å²) in [5, 5.41) is 7.94. The summed E-state index contributed by atoms with van der Waals surface area (Å²) >= 11 is 0. The van der Waals surface area contributed by atoms with E-state index in [0.717, 1.165) is 0 Å². The maximum Gasteiger partial charge on any atom is 0.252 e. The lowest BCUT2D eigenvalue weighted by Gasteiger charge is -2.45. The first-order valence-electron chi connectivity index (χ1n) is 20.5. The molecule has 0 spiro atoms. The highest BCUT2D eigenvalue weighted by atomic mass is 15.2. The molecular formula is C53H41BN2. The Morgan fingerprint density at radius 1 is 0.482 bits per heavy atom. The van der Waals surface area contributed by atoms with Crippen molar-refractivity contribution in [3.63, 3.8) is 0 Å². The second-order valence-electron chi connectivity index (χ2n) is 16.4. The lowest BCUT2D eigenvalue weighted by atomic mass is 9.33. The van der Waals surface area contributed by atoms with E-state index in [1.54, 1.807) is 0 Å². The van der Waals surface area contributed by atoms with Crippen molar-refractivity contribution < 1.29 is 0 Å². The molecular weight excluding hydrogens is 675 g/mol. The molecule has 9 aromatic carbocycles. The average Bonchev–Trinajstić information content (AvgIpc) is 3.26. The summed E-state index contributed by atoms with van der Waals surface area (Å²) in [4.78, 5) is 5.14. The van der Waals surface area contributed by atoms with Gasteiger partial charge in [-0.25, -0.2) is 0 Å². The van der Waals surface area contributed by atoms with Crippen LogP contribution in [0.1, 0.15) is 49.1 Å². The lowest BCUT2D eigenvalue weighted by Crippen LogP contribution is -2.61. The van der Waals surface area contributed by atoms with E-state index in [0.29, 0.717) is 5.92 Å². The molecule has 1 fully saturated rings. The number of para-hydroxylation sites is 2. The molecule has 2 heterocycles. The minimum atomic E-state index is 0.0769. The third kappa shape index (κ3) is 4.70. The molecule has 0 bridgehead atoms. The Kier molecular flexibility index (Phi) is 7.05. The van der Waals surface area contributed by atoms with Crippen molar-refractivity contribution in [1.29, 1.82) is 0 Å². The van der Waals surface area contributed by atoms with Crippen LogP contribution in [-0.2, 0) is 0 Å². The van der Waals surface area contributed by atoms with E-state index in [4.69, 9.17) is 0 Å². The summed E-state index contributed by atoms with van der Waals surface area (Å²) in [6.07, 6.45) is 6.47. The van der Waals surface area contributed by atoms with Gasteiger partial charge in [0.25, 0.3) is 6.71 Å². The normalized spacial score (nSPS) is 15.1. The maximum absolute atomic E-state index is 2.58. The van der Waals surface area contributed by atoms with Crippen LogP contribution in [0.4, 0.5) is 34.1 Å². The fourth-order valence-electron chi connectivity index (χ4n) is 10.6. The molecule has 1 aliphatic carbocycles. The van der Waals surface area contributed by atoms with Crippen molar-refractivity contribution in [3.05, 3.63) is 175 Å². The molecule has 9 aromatic rings. The van der Waals surface area contributed by atoms with Gasteiger partial charge in [-0.15, -0.1) is 0 Å². The van der Waals surface area contributed by atoms with Crippen molar-refractivity contribution in [2.24, 2.45) is 0 Å². The van der Waals surface area contributed by atoms with Crippen LogP contribution in [0.2, 0.25) is 0 Å². The predicted octanol–water partition coefficient (Wildman–Crippen LogP) is 12.7. The smallest absolute Gasteiger partial charge is 0.252 e. The highest BCUT2D eigenvalue weighted by Gasteiger charge is 2.44. The second kappa shape index (κ2) is 12.3. The highest BCUT2D eigenvalue weighted by molar-refractivity contribution is 7.00. The molecule has 2 nitrogen and oxygen atoms in total. The summed E-state index contributed by atoms with van der Waals surface area (Å²) in [6.45, 7) is 2.26. The molecule has 0 saturated heterocycles. The first-order valence-corrected chi connectivity index (χ1v) is 20.5. The Labute approximate surface area is 329 Å². The molecule has 56 heavy (non-hydrogen) atoms. The van der Waals surface area contributed by atoms with Crippen molar-refractivity contribution in [2.75, 3.05) is 9.80 Å². The monoisotopic (exact) mass is 716 g/mol. The quantitative estimate of drug-likeness (QED) is 0.132. The van der Waals surface area contributed by atoms with Crippen LogP contribution in [0.3, 0.4) is 0 Å². The van der Waals surface area contributed by atoms with Crippen LogP contribution in [-0.4, -0.2) is 6.71 Å². The molecule has 3 heteroatoms. The minimum Gasteiger partial charge on any atom is -0.311 e. The van der Waals surface area contributed by atoms with E-state index >= 15 is 0 Å². The van der Waals surface area contributed by atoms with Gasteiger partial charge < -0.3 is 9.80 Å². The number of hydrogen-bond acceptors (Lipinski definition) is 2. The third-order valence-electron chi connectivity index (χ3n) is 13.2. The van der Waals surface area contributed by atoms with Gasteiger partial charge in [-0.1, -0.05) is 140 Å². The Bertz CT molecular complexity index is 2960. The summed E-state index contributed by atoms with van der Waals surface area (Å²) in [7, 11) is 0. The van der Waals surface area contributed by atoms with E-state index in [-0.39, 0.29) is 6.71 Å². The van der Waals surface area contributed by atoms with Crippen LogP contribution in [0, 0.1) is 6.92 Å². The van der Waals surface area contributed by atoms with Gasteiger partial charge in [-0.2, -0.15) is 0 Å². The Morgan fingerprint density at radius 3 is 1.89 bits per heavy atom. The molecule has 1 saturated carbocycles. The lowest BCUT2D eigenvalue weighted by molar-refractivity contribution is 0.444. The van der Waals surface area contributed by atoms with Gasteiger partial charge in [-0.3, -0.25) is 0 Å². The predicted molar refractivity (Wildman–Crippen MR) is 240 cm³/mol. The number of benzene rings is 9. The molecule has 3 aliphatic rings. The molecule has 0 amide bonds. The van der Waals surface area contributed by atoms with Crippen LogP contribution < -0.4 is 26.2 Å². The fourth-order valence-corrected chi connectivity index (χ4v) is 10.6. The fraction of sp³-hybridized carbons (Fsp3) is 0.132. The summed E-state index contributed by atoms with van der Waals surface area (Å²) < 4.78 is 0. The number of nitrogens with zero attached hydrogens (tertiary/aromatic N) is 2. The molecule has 12 rings (SSSR count). The summed E-state index contributed by atoms with van der Waals surface area (Å²) in [5.74, 6) is 0.566. The van der Waals surface area contributed by atoms with E-state index in [2.05, 4.69) is 181 Å². The summed E-state index contributed by atoms with van der Waals surface area (Å²) in [6, 6.07) is 62.5. The van der Waals surface area contributed by atoms with Gasteiger partial charge in [0.1, 0.15) is 0 Å². The third-order valence-corrected chi connectivity index (χ3v) is 13.2. The standard InChI is InChI=1S/C53H41BN2/c1-34-19-26-42(27-20-34)56-47-18-9-8-17-45(47)54-46-31-39(43-28-23-38-22-21-36-13-10-14-37-24-29-44(43)52(38)51(36)37)25-30-48(46)55(41-15-6-3-7-16-41)49-32-40(33-50(56)53(49)54)35-11-4-2-5-12-35/h3,6-10,13-33,35H,2,4-5,11-12H2,1H3. The molecule has 2 aliphatic heterocycles. The Morgan fingerprint density at radius 2 is 1.12 bits per heavy atom. The number of rotatable bonds is 4. The SMILES string of the molecule is Cc1ccc(N2c3ccccc3B3c4cc(-c5ccc6ccc7cccc8ccc5c6c78)ccc4N(c4ccccc4)c4cc(C5CCCCC5)cc2c43)cc1. The van der Waals surface area contributed by atoms with Crippen LogP contribution >= 0.6 is 0 Å².